The monoisotopic (exact) mass is 175 g/mol. The summed E-state index contributed by atoms with van der Waals surface area (Å²) < 4.78 is 5.47. The predicted molar refractivity (Wildman–Crippen MR) is 52.0 cm³/mol. The van der Waals surface area contributed by atoms with Gasteiger partial charge in [0, 0.05) is 11.8 Å². The molecule has 1 aliphatic heterocycles. The maximum absolute atomic E-state index is 5.47. The second-order valence-corrected chi connectivity index (χ2v) is 3.20. The van der Waals surface area contributed by atoms with Gasteiger partial charge in [0.05, 0.1) is 6.61 Å². The van der Waals surface area contributed by atoms with Crippen molar-refractivity contribution < 1.29 is 4.74 Å². The van der Waals surface area contributed by atoms with E-state index in [1.165, 1.54) is 11.1 Å². The molecule has 0 amide bonds. The summed E-state index contributed by atoms with van der Waals surface area (Å²) in [5.41, 5.74) is 2.58. The molecular formula is C11H13NO. The molecule has 1 aliphatic rings. The van der Waals surface area contributed by atoms with Gasteiger partial charge in [-0.3, -0.25) is 0 Å². The van der Waals surface area contributed by atoms with Gasteiger partial charge in [-0.2, -0.15) is 0 Å². The number of nitrogens with zero attached hydrogens (tertiary/aromatic N) is 1. The number of hydrogen-bond acceptors (Lipinski definition) is 2. The molecule has 68 valence electrons. The number of aromatic nitrogens is 1. The Balaban J connectivity index is 2.39. The molecule has 0 saturated heterocycles. The molecule has 0 N–H and O–H groups in total. The van der Waals surface area contributed by atoms with Crippen LogP contribution in [0.15, 0.2) is 24.9 Å². The van der Waals surface area contributed by atoms with E-state index in [9.17, 15) is 0 Å². The molecule has 0 radical (unpaired) electrons. The first-order valence-corrected chi connectivity index (χ1v) is 4.62. The quantitative estimate of drug-likeness (QED) is 0.642. The van der Waals surface area contributed by atoms with E-state index in [4.69, 9.17) is 4.74 Å². The molecule has 13 heavy (non-hydrogen) atoms. The van der Waals surface area contributed by atoms with Gasteiger partial charge in [-0.05, 0) is 30.9 Å². The maximum atomic E-state index is 5.47. The zero-order chi connectivity index (χ0) is 9.10. The Morgan fingerprint density at radius 2 is 2.54 bits per heavy atom. The van der Waals surface area contributed by atoms with Crippen molar-refractivity contribution in [3.8, 4) is 5.88 Å². The molecule has 0 atom stereocenters. The summed E-state index contributed by atoms with van der Waals surface area (Å²) in [5, 5.41) is 0. The van der Waals surface area contributed by atoms with Crippen LogP contribution in [0.25, 0.3) is 0 Å². The molecule has 0 aromatic carbocycles. The average Bonchev–Trinajstić information content (AvgIpc) is 2.19. The number of rotatable bonds is 2. The lowest BCUT2D eigenvalue weighted by Gasteiger charge is -2.18. The van der Waals surface area contributed by atoms with Gasteiger partial charge in [-0.1, -0.05) is 6.08 Å². The first kappa shape index (κ1) is 8.30. The molecule has 0 aliphatic carbocycles. The molecule has 0 fully saturated rings. The smallest absolute Gasteiger partial charge is 0.216 e. The van der Waals surface area contributed by atoms with E-state index >= 15 is 0 Å². The molecule has 0 saturated carbocycles. The fraction of sp³-hybridized carbons (Fsp3) is 0.364. The highest BCUT2D eigenvalue weighted by Crippen LogP contribution is 2.25. The summed E-state index contributed by atoms with van der Waals surface area (Å²) in [6, 6.07) is 2.05. The van der Waals surface area contributed by atoms with Crippen molar-refractivity contribution in [3.05, 3.63) is 36.0 Å². The Morgan fingerprint density at radius 1 is 1.62 bits per heavy atom. The van der Waals surface area contributed by atoms with Crippen LogP contribution in [0.5, 0.6) is 5.88 Å². The van der Waals surface area contributed by atoms with Crippen molar-refractivity contribution >= 4 is 0 Å². The molecule has 0 spiro atoms. The van der Waals surface area contributed by atoms with Crippen LogP contribution in [0.2, 0.25) is 0 Å². The third kappa shape index (κ3) is 1.57. The van der Waals surface area contributed by atoms with Crippen molar-refractivity contribution in [2.24, 2.45) is 0 Å². The van der Waals surface area contributed by atoms with Gasteiger partial charge in [0.1, 0.15) is 0 Å². The Bertz CT molecular complexity index is 320. The van der Waals surface area contributed by atoms with E-state index in [0.29, 0.717) is 0 Å². The van der Waals surface area contributed by atoms with Gasteiger partial charge in [0.25, 0.3) is 0 Å². The third-order valence-electron chi connectivity index (χ3n) is 2.29. The van der Waals surface area contributed by atoms with Gasteiger partial charge in [0.15, 0.2) is 0 Å². The molecule has 0 unspecified atom stereocenters. The van der Waals surface area contributed by atoms with Crippen LogP contribution in [-0.4, -0.2) is 11.6 Å². The van der Waals surface area contributed by atoms with Crippen molar-refractivity contribution in [1.29, 1.82) is 0 Å². The van der Waals surface area contributed by atoms with Crippen LogP contribution >= 0.6 is 0 Å². The van der Waals surface area contributed by atoms with Crippen LogP contribution in [0.3, 0.4) is 0 Å². The normalized spacial score (nSPS) is 14.5. The molecular weight excluding hydrogens is 162 g/mol. The zero-order valence-electron chi connectivity index (χ0n) is 7.62. The Hall–Kier alpha value is -1.31. The average molecular weight is 175 g/mol. The highest BCUT2D eigenvalue weighted by atomic mass is 16.5. The largest absolute Gasteiger partial charge is 0.477 e. The second-order valence-electron chi connectivity index (χ2n) is 3.20. The topological polar surface area (TPSA) is 22.1 Å². The van der Waals surface area contributed by atoms with E-state index in [1.54, 1.807) is 0 Å². The maximum Gasteiger partial charge on any atom is 0.216 e. The summed E-state index contributed by atoms with van der Waals surface area (Å²) >= 11 is 0. The molecule has 2 rings (SSSR count). The van der Waals surface area contributed by atoms with Crippen LogP contribution in [0.4, 0.5) is 0 Å². The minimum absolute atomic E-state index is 0.803. The lowest BCUT2D eigenvalue weighted by atomic mass is 10.0. The summed E-state index contributed by atoms with van der Waals surface area (Å²) in [5.74, 6) is 0.825. The molecule has 0 bridgehead atoms. The first-order chi connectivity index (χ1) is 6.42. The van der Waals surface area contributed by atoms with Gasteiger partial charge >= 0.3 is 0 Å². The van der Waals surface area contributed by atoms with Gasteiger partial charge in [-0.25, -0.2) is 4.98 Å². The first-order valence-electron chi connectivity index (χ1n) is 4.62. The lowest BCUT2D eigenvalue weighted by Crippen LogP contribution is -2.11. The van der Waals surface area contributed by atoms with Gasteiger partial charge in [0.2, 0.25) is 5.88 Å². The number of allylic oxidation sites excluding steroid dienone is 1. The zero-order valence-corrected chi connectivity index (χ0v) is 7.62. The predicted octanol–water partition coefficient (Wildman–Crippen LogP) is 2.14. The summed E-state index contributed by atoms with van der Waals surface area (Å²) in [4.78, 5) is 4.21. The van der Waals surface area contributed by atoms with Crippen molar-refractivity contribution in [3.63, 3.8) is 0 Å². The van der Waals surface area contributed by atoms with Crippen LogP contribution < -0.4 is 4.74 Å². The molecule has 2 heterocycles. The second kappa shape index (κ2) is 3.60. The summed E-state index contributed by atoms with van der Waals surface area (Å²) in [7, 11) is 0. The highest BCUT2D eigenvalue weighted by molar-refractivity contribution is 5.36. The fourth-order valence-corrected chi connectivity index (χ4v) is 1.67. The summed E-state index contributed by atoms with van der Waals surface area (Å²) in [6.45, 7) is 4.55. The van der Waals surface area contributed by atoms with Gasteiger partial charge in [-0.15, -0.1) is 6.58 Å². The van der Waals surface area contributed by atoms with Crippen molar-refractivity contribution in [1.82, 2.24) is 4.98 Å². The fourth-order valence-electron chi connectivity index (χ4n) is 1.67. The molecule has 2 heteroatoms. The van der Waals surface area contributed by atoms with Crippen LogP contribution in [0, 0.1) is 0 Å². The Kier molecular flexibility index (Phi) is 2.30. The number of fused-ring (bicyclic) bond motifs is 1. The van der Waals surface area contributed by atoms with E-state index in [0.717, 1.165) is 31.7 Å². The van der Waals surface area contributed by atoms with Crippen LogP contribution in [0.1, 0.15) is 17.5 Å². The van der Waals surface area contributed by atoms with Gasteiger partial charge < -0.3 is 4.74 Å². The van der Waals surface area contributed by atoms with E-state index in [2.05, 4.69) is 17.6 Å². The van der Waals surface area contributed by atoms with Crippen molar-refractivity contribution in [2.75, 3.05) is 6.61 Å². The Labute approximate surface area is 78.3 Å². The minimum atomic E-state index is 0.803. The lowest BCUT2D eigenvalue weighted by molar-refractivity contribution is 0.275. The molecule has 1 aromatic heterocycles. The van der Waals surface area contributed by atoms with E-state index in [-0.39, 0.29) is 0 Å². The van der Waals surface area contributed by atoms with E-state index in [1.807, 2.05) is 12.3 Å². The minimum Gasteiger partial charge on any atom is -0.477 e. The Morgan fingerprint density at radius 3 is 3.38 bits per heavy atom. The van der Waals surface area contributed by atoms with E-state index < -0.39 is 0 Å². The highest BCUT2D eigenvalue weighted by Gasteiger charge is 2.13. The van der Waals surface area contributed by atoms with Crippen LogP contribution in [-0.2, 0) is 12.8 Å². The number of hydrogen-bond donors (Lipinski definition) is 0. The summed E-state index contributed by atoms with van der Waals surface area (Å²) in [6.07, 6.45) is 6.83. The number of ether oxygens (including phenoxy) is 1. The molecule has 1 aromatic rings. The SMILES string of the molecule is C=CCc1ccnc2c1CCCO2. The third-order valence-corrected chi connectivity index (χ3v) is 2.29. The number of pyridine rings is 1. The molecule has 2 nitrogen and oxygen atoms in total. The standard InChI is InChI=1S/C11H13NO/c1-2-4-9-6-7-12-11-10(9)5-3-8-13-11/h2,6-7H,1,3-5,8H2. The van der Waals surface area contributed by atoms with Crippen molar-refractivity contribution in [2.45, 2.75) is 19.3 Å².